The Balaban J connectivity index is 0.000000229. The van der Waals surface area contributed by atoms with Crippen LogP contribution in [0.15, 0.2) is 36.4 Å². The lowest BCUT2D eigenvalue weighted by Gasteiger charge is -2.17. The van der Waals surface area contributed by atoms with Crippen LogP contribution in [0.5, 0.6) is 5.75 Å². The van der Waals surface area contributed by atoms with Crippen molar-refractivity contribution in [2.45, 2.75) is 12.8 Å². The lowest BCUT2D eigenvalue weighted by molar-refractivity contribution is -0.123. The fourth-order valence-corrected chi connectivity index (χ4v) is 2.51. The second-order valence-electron chi connectivity index (χ2n) is 4.85. The highest BCUT2D eigenvalue weighted by atomic mass is 32.3. The van der Waals surface area contributed by atoms with Crippen molar-refractivity contribution in [2.75, 3.05) is 18.0 Å². The Labute approximate surface area is 133 Å². The van der Waals surface area contributed by atoms with Gasteiger partial charge in [-0.1, -0.05) is 9.95 Å². The molecule has 1 saturated heterocycles. The number of carbonyl (C=O) groups is 2. The van der Waals surface area contributed by atoms with Crippen molar-refractivity contribution in [1.29, 1.82) is 0 Å². The number of carbonyl (C=O) groups excluding carboxylic acids is 2. The van der Waals surface area contributed by atoms with Gasteiger partial charge in [0.25, 0.3) is 11.8 Å². The maximum atomic E-state index is 12.3. The number of hydrogen-bond acceptors (Lipinski definition) is 6. The first kappa shape index (κ1) is 16.9. The number of imide groups is 1. The van der Waals surface area contributed by atoms with E-state index in [1.165, 1.54) is 24.3 Å². The largest absolute Gasteiger partial charge is 0.488 e. The minimum atomic E-state index is -4.94. The van der Waals surface area contributed by atoms with Gasteiger partial charge in [-0.3, -0.25) is 14.9 Å². The third kappa shape index (κ3) is 5.70. The molecule has 1 fully saturated rings. The summed E-state index contributed by atoms with van der Waals surface area (Å²) in [5, 5.41) is 2.03. The maximum absolute atomic E-state index is 12.3. The number of amides is 2. The Morgan fingerprint density at radius 2 is 1.70 bits per heavy atom. The molecule has 2 aliphatic rings. The lowest BCUT2D eigenvalue weighted by Crippen LogP contribution is -2.19. The molecule has 23 heavy (non-hydrogen) atoms. The average molecular weight is 342 g/mol. The molecule has 1 aromatic carbocycles. The molecular weight excluding hydrogens is 327 g/mol. The minimum absolute atomic E-state index is 0.00639. The molecule has 2 heterocycles. The van der Waals surface area contributed by atoms with E-state index in [0.717, 1.165) is 31.6 Å². The Morgan fingerprint density at radius 1 is 1.09 bits per heavy atom. The molecule has 0 spiro atoms. The summed E-state index contributed by atoms with van der Waals surface area (Å²) in [7, 11) is -4.94. The molecule has 1 aromatic rings. The molecule has 0 atom stereocenters. The van der Waals surface area contributed by atoms with Crippen LogP contribution in [0.4, 0.5) is 9.57 Å². The predicted molar refractivity (Wildman–Crippen MR) is 80.8 cm³/mol. The average Bonchev–Trinajstić information content (AvgIpc) is 3.10. The molecule has 124 valence electrons. The minimum Gasteiger partial charge on any atom is -0.371 e. The van der Waals surface area contributed by atoms with E-state index in [4.69, 9.17) is 0 Å². The molecule has 2 aliphatic heterocycles. The second-order valence-corrected chi connectivity index (χ2v) is 5.81. The summed E-state index contributed by atoms with van der Waals surface area (Å²) in [6.07, 6.45) is 4.63. The van der Waals surface area contributed by atoms with E-state index in [0.29, 0.717) is 0 Å². The van der Waals surface area contributed by atoms with Gasteiger partial charge < -0.3 is 9.08 Å². The van der Waals surface area contributed by atoms with Crippen molar-refractivity contribution < 1.29 is 26.1 Å². The first-order valence-electron chi connectivity index (χ1n) is 6.85. The predicted octanol–water partition coefficient (Wildman–Crippen LogP) is 1.08. The van der Waals surface area contributed by atoms with Crippen molar-refractivity contribution >= 4 is 28.0 Å². The van der Waals surface area contributed by atoms with Crippen molar-refractivity contribution in [1.82, 2.24) is 5.32 Å². The summed E-state index contributed by atoms with van der Waals surface area (Å²) in [5.74, 6) is -0.651. The van der Waals surface area contributed by atoms with E-state index in [9.17, 15) is 21.9 Å². The van der Waals surface area contributed by atoms with Crippen LogP contribution in [-0.4, -0.2) is 33.3 Å². The molecular formula is C14H15FN2O5S. The SMILES string of the molecule is O=C1C=CC(=O)N1.O=S(=O)(F)Oc1cccc(N2CCCC2)c1. The van der Waals surface area contributed by atoms with Gasteiger partial charge in [0.2, 0.25) is 0 Å². The van der Waals surface area contributed by atoms with Gasteiger partial charge in [0, 0.05) is 37.0 Å². The van der Waals surface area contributed by atoms with Gasteiger partial charge in [0.05, 0.1) is 0 Å². The molecule has 0 saturated carbocycles. The molecule has 1 N–H and O–H groups in total. The van der Waals surface area contributed by atoms with Crippen LogP contribution < -0.4 is 14.4 Å². The van der Waals surface area contributed by atoms with Crippen molar-refractivity contribution in [3.8, 4) is 5.75 Å². The topological polar surface area (TPSA) is 92.8 Å². The molecule has 0 aromatic heterocycles. The molecule has 0 radical (unpaired) electrons. The summed E-state index contributed by atoms with van der Waals surface area (Å²) in [5.41, 5.74) is 0.860. The highest BCUT2D eigenvalue weighted by Gasteiger charge is 2.14. The van der Waals surface area contributed by atoms with Crippen LogP contribution >= 0.6 is 0 Å². The fourth-order valence-electron chi connectivity index (χ4n) is 2.18. The van der Waals surface area contributed by atoms with Crippen LogP contribution in [0.1, 0.15) is 12.8 Å². The van der Waals surface area contributed by atoms with Gasteiger partial charge in [0.15, 0.2) is 0 Å². The van der Waals surface area contributed by atoms with E-state index in [1.807, 2.05) is 11.4 Å². The van der Waals surface area contributed by atoms with Gasteiger partial charge in [-0.15, -0.1) is 0 Å². The third-order valence-corrected chi connectivity index (χ3v) is 3.51. The smallest absolute Gasteiger partial charge is 0.371 e. The molecule has 2 amide bonds. The monoisotopic (exact) mass is 342 g/mol. The van der Waals surface area contributed by atoms with Gasteiger partial charge in [0.1, 0.15) is 5.75 Å². The highest BCUT2D eigenvalue weighted by molar-refractivity contribution is 7.81. The maximum Gasteiger partial charge on any atom is 0.488 e. The number of benzene rings is 1. The Bertz CT molecular complexity index is 710. The van der Waals surface area contributed by atoms with Gasteiger partial charge in [-0.25, -0.2) is 0 Å². The molecule has 0 bridgehead atoms. The summed E-state index contributed by atoms with van der Waals surface area (Å²) < 4.78 is 37.2. The number of rotatable bonds is 3. The zero-order valence-corrected chi connectivity index (χ0v) is 12.9. The Morgan fingerprint density at radius 3 is 2.17 bits per heavy atom. The molecule has 0 aliphatic carbocycles. The van der Waals surface area contributed by atoms with Crippen molar-refractivity contribution in [3.05, 3.63) is 36.4 Å². The van der Waals surface area contributed by atoms with E-state index in [1.54, 1.807) is 6.07 Å². The highest BCUT2D eigenvalue weighted by Crippen LogP contribution is 2.25. The summed E-state index contributed by atoms with van der Waals surface area (Å²) in [4.78, 5) is 22.2. The number of nitrogens with one attached hydrogen (secondary N) is 1. The van der Waals surface area contributed by atoms with E-state index in [-0.39, 0.29) is 17.6 Å². The van der Waals surface area contributed by atoms with Crippen molar-refractivity contribution in [2.24, 2.45) is 0 Å². The van der Waals surface area contributed by atoms with Crippen LogP contribution in [0.3, 0.4) is 0 Å². The van der Waals surface area contributed by atoms with E-state index >= 15 is 0 Å². The Hall–Kier alpha value is -2.42. The lowest BCUT2D eigenvalue weighted by atomic mass is 10.3. The van der Waals surface area contributed by atoms with Crippen LogP contribution in [0.25, 0.3) is 0 Å². The fraction of sp³-hybridized carbons (Fsp3) is 0.286. The van der Waals surface area contributed by atoms with E-state index < -0.39 is 10.5 Å². The van der Waals surface area contributed by atoms with E-state index in [2.05, 4.69) is 9.08 Å². The quantitative estimate of drug-likeness (QED) is 0.653. The molecule has 7 nitrogen and oxygen atoms in total. The Kier molecular flexibility index (Phi) is 5.32. The van der Waals surface area contributed by atoms with Crippen LogP contribution in [-0.2, 0) is 20.1 Å². The standard InChI is InChI=1S/C10H12FNO3S.C4H3NO2/c11-16(13,14)15-10-5-3-4-9(8-10)12-6-1-2-7-12;6-3-1-2-4(7)5-3/h3-5,8H,1-2,6-7H2;1-2H,(H,5,6,7). The summed E-state index contributed by atoms with van der Waals surface area (Å²) in [6.45, 7) is 1.87. The zero-order chi connectivity index (χ0) is 16.9. The summed E-state index contributed by atoms with van der Waals surface area (Å²) >= 11 is 0. The normalized spacial score (nSPS) is 16.8. The van der Waals surface area contributed by atoms with Crippen LogP contribution in [0.2, 0.25) is 0 Å². The number of anilines is 1. The first-order chi connectivity index (χ1) is 10.8. The molecule has 3 rings (SSSR count). The van der Waals surface area contributed by atoms with Crippen LogP contribution in [0, 0.1) is 0 Å². The second kappa shape index (κ2) is 7.23. The zero-order valence-electron chi connectivity index (χ0n) is 12.1. The number of halogens is 1. The molecule has 0 unspecified atom stereocenters. The number of nitrogens with zero attached hydrogens (tertiary/aromatic N) is 1. The first-order valence-corrected chi connectivity index (χ1v) is 8.16. The molecule has 9 heteroatoms. The number of hydrogen-bond donors (Lipinski definition) is 1. The van der Waals surface area contributed by atoms with Gasteiger partial charge in [-0.2, -0.15) is 8.42 Å². The van der Waals surface area contributed by atoms with Gasteiger partial charge in [-0.05, 0) is 25.0 Å². The van der Waals surface area contributed by atoms with Gasteiger partial charge >= 0.3 is 10.5 Å². The van der Waals surface area contributed by atoms with Crippen molar-refractivity contribution in [3.63, 3.8) is 0 Å². The third-order valence-electron chi connectivity index (χ3n) is 3.12. The summed E-state index contributed by atoms with van der Waals surface area (Å²) in [6, 6.07) is 6.44.